The summed E-state index contributed by atoms with van der Waals surface area (Å²) in [7, 11) is 1.30. The van der Waals surface area contributed by atoms with Gasteiger partial charge < -0.3 is 4.74 Å². The number of hydrogen-bond acceptors (Lipinski definition) is 6. The third kappa shape index (κ3) is 2.82. The van der Waals surface area contributed by atoms with Gasteiger partial charge in [0.25, 0.3) is 11.8 Å². The molecule has 146 valence electrons. The molecule has 2 fully saturated rings. The molecular weight excluding hydrogens is 382 g/mol. The van der Waals surface area contributed by atoms with E-state index in [-0.39, 0.29) is 22.2 Å². The van der Waals surface area contributed by atoms with Crippen molar-refractivity contribution in [2.24, 2.45) is 0 Å². The number of hydrazine groups is 1. The summed E-state index contributed by atoms with van der Waals surface area (Å²) in [6.45, 7) is 0.843. The highest BCUT2D eigenvalue weighted by Gasteiger charge is 2.55. The van der Waals surface area contributed by atoms with Crippen molar-refractivity contribution in [3.8, 4) is 5.75 Å². The van der Waals surface area contributed by atoms with Crippen LogP contribution in [0.2, 0.25) is 0 Å². The number of carbonyl (C=O) groups is 2. The molecule has 1 aromatic carbocycles. The van der Waals surface area contributed by atoms with Gasteiger partial charge in [-0.25, -0.2) is 5.01 Å². The minimum Gasteiger partial charge on any atom is -0.489 e. The van der Waals surface area contributed by atoms with Crippen molar-refractivity contribution in [2.75, 3.05) is 20.2 Å². The predicted molar refractivity (Wildman–Crippen MR) is 102 cm³/mol. The number of nitro groups is 1. The van der Waals surface area contributed by atoms with Gasteiger partial charge in [0.1, 0.15) is 5.56 Å². The second-order valence-corrected chi connectivity index (χ2v) is 7.76. The van der Waals surface area contributed by atoms with Crippen molar-refractivity contribution >= 4 is 28.2 Å². The van der Waals surface area contributed by atoms with Crippen molar-refractivity contribution in [3.05, 3.63) is 57.0 Å². The van der Waals surface area contributed by atoms with Crippen LogP contribution < -0.4 is 4.74 Å². The van der Waals surface area contributed by atoms with Gasteiger partial charge in [0, 0.05) is 18.5 Å². The lowest BCUT2D eigenvalue weighted by atomic mass is 9.95. The summed E-state index contributed by atoms with van der Waals surface area (Å²) in [6, 6.07) is 9.61. The quantitative estimate of drug-likeness (QED) is 0.567. The molecule has 2 aromatic rings. The van der Waals surface area contributed by atoms with Crippen LogP contribution in [0.1, 0.15) is 35.2 Å². The predicted octanol–water partition coefficient (Wildman–Crippen LogP) is 2.99. The molecule has 0 atom stereocenters. The summed E-state index contributed by atoms with van der Waals surface area (Å²) in [5.74, 6) is -0.590. The maximum Gasteiger partial charge on any atom is 0.366 e. The molecule has 4 rings (SSSR count). The number of rotatable bonds is 5. The van der Waals surface area contributed by atoms with Gasteiger partial charge in [0.15, 0.2) is 0 Å². The molecule has 1 aliphatic carbocycles. The van der Waals surface area contributed by atoms with Crippen LogP contribution in [0, 0.1) is 10.1 Å². The van der Waals surface area contributed by atoms with Crippen LogP contribution in [0.25, 0.3) is 0 Å². The molecule has 0 bridgehead atoms. The summed E-state index contributed by atoms with van der Waals surface area (Å²) in [5, 5.41) is 15.3. The number of hydrogen-bond donors (Lipinski definition) is 0. The average molecular weight is 401 g/mol. The van der Waals surface area contributed by atoms with E-state index >= 15 is 0 Å². The minimum absolute atomic E-state index is 0.0523. The fourth-order valence-corrected chi connectivity index (χ4v) is 4.56. The van der Waals surface area contributed by atoms with Gasteiger partial charge in [0.05, 0.1) is 17.4 Å². The Bertz CT molecular complexity index is 938. The highest BCUT2D eigenvalue weighted by Crippen LogP contribution is 2.50. The first-order chi connectivity index (χ1) is 13.5. The van der Waals surface area contributed by atoms with Gasteiger partial charge in [-0.1, -0.05) is 41.7 Å². The van der Waals surface area contributed by atoms with E-state index in [2.05, 4.69) is 0 Å². The number of ether oxygens (including phenoxy) is 1. The van der Waals surface area contributed by atoms with Crippen molar-refractivity contribution < 1.29 is 19.2 Å². The highest BCUT2D eigenvalue weighted by molar-refractivity contribution is 7.14. The molecule has 2 amide bonds. The van der Waals surface area contributed by atoms with Crippen molar-refractivity contribution in [1.29, 1.82) is 0 Å². The Morgan fingerprint density at radius 1 is 1.18 bits per heavy atom. The average Bonchev–Trinajstić information content (AvgIpc) is 3.17. The maximum atomic E-state index is 13.3. The fourth-order valence-electron chi connectivity index (χ4n) is 3.74. The van der Waals surface area contributed by atoms with Gasteiger partial charge in [0.2, 0.25) is 5.75 Å². The molecular formula is C19H19N3O5S. The number of thiophene rings is 1. The molecule has 28 heavy (non-hydrogen) atoms. The lowest BCUT2D eigenvalue weighted by Crippen LogP contribution is -2.48. The van der Waals surface area contributed by atoms with Crippen LogP contribution in [0.4, 0.5) is 5.00 Å². The number of nitrogens with zero attached hydrogens (tertiary/aromatic N) is 3. The van der Waals surface area contributed by atoms with Crippen molar-refractivity contribution in [2.45, 2.75) is 24.7 Å². The van der Waals surface area contributed by atoms with E-state index in [1.54, 1.807) is 0 Å². The fraction of sp³-hybridized carbons (Fsp3) is 0.368. The van der Waals surface area contributed by atoms with Crippen molar-refractivity contribution in [1.82, 2.24) is 10.0 Å². The van der Waals surface area contributed by atoms with Crippen LogP contribution in [0.3, 0.4) is 0 Å². The standard InChI is InChI=1S/C19H19N3O5S/c1-27-15-14(12-28-17(15)22(25)26)16(23)20-10-5-11-21(20)18(24)19(8-9-19)13-6-3-2-4-7-13/h2-4,6-7,12H,5,8-11H2,1H3. The molecule has 1 saturated heterocycles. The Hall–Kier alpha value is -2.94. The monoisotopic (exact) mass is 401 g/mol. The van der Waals surface area contributed by atoms with Gasteiger partial charge in [-0.15, -0.1) is 0 Å². The van der Waals surface area contributed by atoms with E-state index < -0.39 is 16.2 Å². The van der Waals surface area contributed by atoms with E-state index in [4.69, 9.17) is 4.74 Å². The smallest absolute Gasteiger partial charge is 0.366 e. The minimum atomic E-state index is -0.575. The zero-order valence-corrected chi connectivity index (χ0v) is 16.1. The Kier molecular flexibility index (Phi) is 4.54. The van der Waals surface area contributed by atoms with Crippen LogP contribution in [-0.4, -0.2) is 47.0 Å². The number of benzene rings is 1. The van der Waals surface area contributed by atoms with E-state index in [9.17, 15) is 19.7 Å². The van der Waals surface area contributed by atoms with E-state index in [1.807, 2.05) is 30.3 Å². The summed E-state index contributed by atoms with van der Waals surface area (Å²) < 4.78 is 5.12. The molecule has 0 N–H and O–H groups in total. The van der Waals surface area contributed by atoms with Gasteiger partial charge in [-0.05, 0) is 24.8 Å². The molecule has 1 aliphatic heterocycles. The first-order valence-electron chi connectivity index (χ1n) is 8.99. The lowest BCUT2D eigenvalue weighted by Gasteiger charge is -2.31. The molecule has 8 nitrogen and oxygen atoms in total. The zero-order valence-electron chi connectivity index (χ0n) is 15.3. The second-order valence-electron chi connectivity index (χ2n) is 6.90. The van der Waals surface area contributed by atoms with Crippen LogP contribution in [0.15, 0.2) is 35.7 Å². The largest absolute Gasteiger partial charge is 0.489 e. The van der Waals surface area contributed by atoms with Crippen LogP contribution in [-0.2, 0) is 10.2 Å². The Morgan fingerprint density at radius 3 is 2.46 bits per heavy atom. The van der Waals surface area contributed by atoms with Crippen LogP contribution >= 0.6 is 11.3 Å². The Morgan fingerprint density at radius 2 is 1.86 bits per heavy atom. The normalized spacial score (nSPS) is 17.5. The summed E-state index contributed by atoms with van der Waals surface area (Å²) in [5.41, 5.74) is 0.501. The molecule has 9 heteroatoms. The second kappa shape index (κ2) is 6.90. The SMILES string of the molecule is COc1c(C(=O)N2CCCN2C(=O)C2(c3ccccc3)CC2)csc1[N+](=O)[O-]. The van der Waals surface area contributed by atoms with Gasteiger partial charge in [-0.3, -0.25) is 24.7 Å². The molecule has 1 saturated carbocycles. The topological polar surface area (TPSA) is 93.0 Å². The summed E-state index contributed by atoms with van der Waals surface area (Å²) in [4.78, 5) is 37.0. The molecule has 0 spiro atoms. The first kappa shape index (κ1) is 18.4. The molecule has 2 heterocycles. The highest BCUT2D eigenvalue weighted by atomic mass is 32.1. The molecule has 0 radical (unpaired) electrons. The third-order valence-electron chi connectivity index (χ3n) is 5.31. The third-order valence-corrected chi connectivity index (χ3v) is 6.22. The Labute approximate surface area is 165 Å². The van der Waals surface area contributed by atoms with E-state index in [0.717, 1.165) is 29.7 Å². The zero-order chi connectivity index (χ0) is 19.9. The number of methoxy groups -OCH3 is 1. The Balaban J connectivity index is 1.62. The first-order valence-corrected chi connectivity index (χ1v) is 9.86. The summed E-state index contributed by atoms with van der Waals surface area (Å²) in [6.07, 6.45) is 2.17. The van der Waals surface area contributed by atoms with Crippen molar-refractivity contribution in [3.63, 3.8) is 0 Å². The molecule has 1 aromatic heterocycles. The summed E-state index contributed by atoms with van der Waals surface area (Å²) >= 11 is 0.845. The van der Waals surface area contributed by atoms with E-state index in [1.165, 1.54) is 22.5 Å². The molecule has 0 unspecified atom stereocenters. The van der Waals surface area contributed by atoms with Crippen LogP contribution in [0.5, 0.6) is 5.75 Å². The number of carbonyl (C=O) groups excluding carboxylic acids is 2. The van der Waals surface area contributed by atoms with Gasteiger partial charge >= 0.3 is 5.00 Å². The van der Waals surface area contributed by atoms with Gasteiger partial charge in [-0.2, -0.15) is 0 Å². The lowest BCUT2D eigenvalue weighted by molar-refractivity contribution is -0.381. The molecule has 2 aliphatic rings. The van der Waals surface area contributed by atoms with E-state index in [0.29, 0.717) is 19.5 Å². The number of amides is 2. The maximum absolute atomic E-state index is 13.3.